The summed E-state index contributed by atoms with van der Waals surface area (Å²) in [6.45, 7) is 0.185. The Labute approximate surface area is 62.8 Å². The molecule has 0 aliphatic carbocycles. The summed E-state index contributed by atoms with van der Waals surface area (Å²) in [5.41, 5.74) is 0.356. The minimum Gasteiger partial charge on any atom is -0.452 e. The highest BCUT2D eigenvalue weighted by molar-refractivity contribution is 5.72. The fourth-order valence-corrected chi connectivity index (χ4v) is 0.870. The van der Waals surface area contributed by atoms with Gasteiger partial charge in [-0.1, -0.05) is 0 Å². The van der Waals surface area contributed by atoms with Crippen LogP contribution in [0.4, 0.5) is 0 Å². The van der Waals surface area contributed by atoms with E-state index in [1.807, 2.05) is 0 Å². The van der Waals surface area contributed by atoms with E-state index < -0.39 is 0 Å². The molecule has 2 rings (SSSR count). The normalized spacial score (nSPS) is 13.1. The predicted molar refractivity (Wildman–Crippen MR) is 35.7 cm³/mol. The van der Waals surface area contributed by atoms with Crippen LogP contribution in [0.2, 0.25) is 0 Å². The number of aromatic nitrogens is 1. The third-order valence-corrected chi connectivity index (χ3v) is 1.38. The fraction of sp³-hybridized carbons (Fsp3) is 0.143. The third kappa shape index (κ3) is 0.920. The van der Waals surface area contributed by atoms with Crippen molar-refractivity contribution >= 4 is 6.29 Å². The van der Waals surface area contributed by atoms with Crippen molar-refractivity contribution < 1.29 is 14.3 Å². The Kier molecular flexibility index (Phi) is 1.25. The van der Waals surface area contributed by atoms with Gasteiger partial charge in [0.1, 0.15) is 5.69 Å². The van der Waals surface area contributed by atoms with Crippen LogP contribution in [0.15, 0.2) is 12.1 Å². The van der Waals surface area contributed by atoms with Gasteiger partial charge in [-0.3, -0.25) is 4.79 Å². The average Bonchev–Trinajstić information content (AvgIpc) is 2.50. The molecule has 0 unspecified atom stereocenters. The first-order valence-corrected chi connectivity index (χ1v) is 3.12. The summed E-state index contributed by atoms with van der Waals surface area (Å²) in [6, 6.07) is 3.25. The predicted octanol–water partition coefficient (Wildman–Crippen LogP) is 0.623. The maximum Gasteiger partial charge on any atom is 0.260 e. The molecule has 0 saturated heterocycles. The summed E-state index contributed by atoms with van der Waals surface area (Å²) >= 11 is 0. The van der Waals surface area contributed by atoms with Gasteiger partial charge in [-0.15, -0.1) is 0 Å². The SMILES string of the molecule is O=Cc1ccc2c(n1)OCO2. The number of carbonyl (C=O) groups excluding carboxylic acids is 1. The number of rotatable bonds is 1. The summed E-state index contributed by atoms with van der Waals surface area (Å²) in [7, 11) is 0. The average molecular weight is 151 g/mol. The number of aldehydes is 1. The number of hydrogen-bond donors (Lipinski definition) is 0. The van der Waals surface area contributed by atoms with Gasteiger partial charge in [0.15, 0.2) is 12.0 Å². The Bertz CT molecular complexity index is 298. The second-order valence-electron chi connectivity index (χ2n) is 2.06. The number of hydrogen-bond acceptors (Lipinski definition) is 4. The molecular weight excluding hydrogens is 146 g/mol. The maximum absolute atomic E-state index is 10.2. The minimum absolute atomic E-state index is 0.185. The van der Waals surface area contributed by atoms with Crippen molar-refractivity contribution in [2.45, 2.75) is 0 Å². The third-order valence-electron chi connectivity index (χ3n) is 1.38. The van der Waals surface area contributed by atoms with Crippen LogP contribution in [0.1, 0.15) is 10.5 Å². The molecule has 56 valence electrons. The lowest BCUT2D eigenvalue weighted by atomic mass is 10.3. The van der Waals surface area contributed by atoms with Crippen LogP contribution in [-0.4, -0.2) is 18.1 Å². The lowest BCUT2D eigenvalue weighted by Crippen LogP contribution is -1.93. The molecule has 1 aromatic rings. The zero-order chi connectivity index (χ0) is 7.68. The first-order chi connectivity index (χ1) is 5.40. The second kappa shape index (κ2) is 2.23. The van der Waals surface area contributed by atoms with Gasteiger partial charge in [0, 0.05) is 0 Å². The van der Waals surface area contributed by atoms with E-state index in [2.05, 4.69) is 4.98 Å². The second-order valence-corrected chi connectivity index (χ2v) is 2.06. The van der Waals surface area contributed by atoms with E-state index in [-0.39, 0.29) is 6.79 Å². The number of carbonyl (C=O) groups is 1. The highest BCUT2D eigenvalue weighted by Gasteiger charge is 2.14. The Morgan fingerprint density at radius 2 is 2.36 bits per heavy atom. The summed E-state index contributed by atoms with van der Waals surface area (Å²) < 4.78 is 9.95. The van der Waals surface area contributed by atoms with Gasteiger partial charge < -0.3 is 9.47 Å². The van der Waals surface area contributed by atoms with Crippen molar-refractivity contribution in [3.63, 3.8) is 0 Å². The molecule has 0 radical (unpaired) electrons. The highest BCUT2D eigenvalue weighted by Crippen LogP contribution is 2.28. The van der Waals surface area contributed by atoms with Crippen LogP contribution >= 0.6 is 0 Å². The van der Waals surface area contributed by atoms with E-state index in [1.165, 1.54) is 0 Å². The van der Waals surface area contributed by atoms with Gasteiger partial charge in [-0.05, 0) is 12.1 Å². The van der Waals surface area contributed by atoms with Crippen molar-refractivity contribution in [1.29, 1.82) is 0 Å². The number of fused-ring (bicyclic) bond motifs is 1. The van der Waals surface area contributed by atoms with E-state index in [0.29, 0.717) is 23.6 Å². The van der Waals surface area contributed by atoms with Gasteiger partial charge in [-0.2, -0.15) is 0 Å². The summed E-state index contributed by atoms with van der Waals surface area (Å²) in [6.07, 6.45) is 0.669. The van der Waals surface area contributed by atoms with Gasteiger partial charge in [-0.25, -0.2) is 4.98 Å². The summed E-state index contributed by atoms with van der Waals surface area (Å²) in [5.74, 6) is 0.991. The zero-order valence-electron chi connectivity index (χ0n) is 5.61. The van der Waals surface area contributed by atoms with E-state index in [1.54, 1.807) is 12.1 Å². The minimum atomic E-state index is 0.185. The molecule has 2 heterocycles. The molecular formula is C7H5NO3. The largest absolute Gasteiger partial charge is 0.452 e. The summed E-state index contributed by atoms with van der Waals surface area (Å²) in [4.78, 5) is 14.1. The molecule has 0 fully saturated rings. The molecule has 0 saturated carbocycles. The molecule has 0 amide bonds. The Hall–Kier alpha value is -1.58. The molecule has 0 aromatic carbocycles. The van der Waals surface area contributed by atoms with Crippen LogP contribution in [0.25, 0.3) is 0 Å². The molecule has 1 aliphatic rings. The van der Waals surface area contributed by atoms with Crippen LogP contribution in [0.5, 0.6) is 11.6 Å². The molecule has 0 spiro atoms. The maximum atomic E-state index is 10.2. The van der Waals surface area contributed by atoms with Crippen molar-refractivity contribution in [3.05, 3.63) is 17.8 Å². The van der Waals surface area contributed by atoms with E-state index in [9.17, 15) is 4.79 Å². The number of nitrogens with zero attached hydrogens (tertiary/aromatic N) is 1. The molecule has 4 heteroatoms. The monoisotopic (exact) mass is 151 g/mol. The first kappa shape index (κ1) is 6.15. The zero-order valence-corrected chi connectivity index (χ0v) is 5.61. The van der Waals surface area contributed by atoms with Gasteiger partial charge >= 0.3 is 0 Å². The number of pyridine rings is 1. The molecule has 0 atom stereocenters. The van der Waals surface area contributed by atoms with Crippen LogP contribution < -0.4 is 9.47 Å². The van der Waals surface area contributed by atoms with Crippen molar-refractivity contribution in [2.75, 3.05) is 6.79 Å². The smallest absolute Gasteiger partial charge is 0.260 e. The van der Waals surface area contributed by atoms with E-state index >= 15 is 0 Å². The Balaban J connectivity index is 2.48. The number of ether oxygens (including phenoxy) is 2. The lowest BCUT2D eigenvalue weighted by molar-refractivity contribution is 0.111. The van der Waals surface area contributed by atoms with Crippen LogP contribution in [0, 0.1) is 0 Å². The topological polar surface area (TPSA) is 48.4 Å². The van der Waals surface area contributed by atoms with E-state index in [4.69, 9.17) is 9.47 Å². The molecule has 0 bridgehead atoms. The van der Waals surface area contributed by atoms with Gasteiger partial charge in [0.2, 0.25) is 6.79 Å². The Morgan fingerprint density at radius 1 is 1.45 bits per heavy atom. The standard InChI is InChI=1S/C7H5NO3/c9-3-5-1-2-6-7(8-5)11-4-10-6/h1-3H,4H2. The Morgan fingerprint density at radius 3 is 3.18 bits per heavy atom. The molecule has 4 nitrogen and oxygen atoms in total. The fourth-order valence-electron chi connectivity index (χ4n) is 0.870. The molecule has 11 heavy (non-hydrogen) atoms. The van der Waals surface area contributed by atoms with Crippen molar-refractivity contribution in [1.82, 2.24) is 4.98 Å². The van der Waals surface area contributed by atoms with Crippen LogP contribution in [-0.2, 0) is 0 Å². The molecule has 1 aromatic heterocycles. The van der Waals surface area contributed by atoms with E-state index in [0.717, 1.165) is 0 Å². The first-order valence-electron chi connectivity index (χ1n) is 3.12. The quantitative estimate of drug-likeness (QED) is 0.552. The van der Waals surface area contributed by atoms with Crippen LogP contribution in [0.3, 0.4) is 0 Å². The molecule has 0 N–H and O–H groups in total. The highest BCUT2D eigenvalue weighted by atomic mass is 16.7. The lowest BCUT2D eigenvalue weighted by Gasteiger charge is -1.92. The van der Waals surface area contributed by atoms with Crippen molar-refractivity contribution in [3.8, 4) is 11.6 Å². The van der Waals surface area contributed by atoms with Gasteiger partial charge in [0.25, 0.3) is 5.88 Å². The van der Waals surface area contributed by atoms with Gasteiger partial charge in [0.05, 0.1) is 0 Å². The van der Waals surface area contributed by atoms with Crippen molar-refractivity contribution in [2.24, 2.45) is 0 Å². The summed E-state index contributed by atoms with van der Waals surface area (Å²) in [5, 5.41) is 0. The molecule has 1 aliphatic heterocycles.